The summed E-state index contributed by atoms with van der Waals surface area (Å²) in [6, 6.07) is 1.98. The molecule has 0 spiro atoms. The van der Waals surface area contributed by atoms with Gasteiger partial charge in [-0.2, -0.15) is 0 Å². The Bertz CT molecular complexity index is 484. The fourth-order valence-electron chi connectivity index (χ4n) is 2.33. The van der Waals surface area contributed by atoms with E-state index < -0.39 is 5.60 Å². The highest BCUT2D eigenvalue weighted by molar-refractivity contribution is 9.10. The van der Waals surface area contributed by atoms with Gasteiger partial charge in [0.15, 0.2) is 0 Å². The number of carbonyl (C=O) groups is 1. The van der Waals surface area contributed by atoms with E-state index in [4.69, 9.17) is 10.5 Å². The van der Waals surface area contributed by atoms with Gasteiger partial charge in [0.25, 0.3) is 0 Å². The van der Waals surface area contributed by atoms with Crippen LogP contribution in [0.4, 0.5) is 4.79 Å². The van der Waals surface area contributed by atoms with Gasteiger partial charge in [-0.3, -0.25) is 0 Å². The zero-order valence-corrected chi connectivity index (χ0v) is 14.5. The van der Waals surface area contributed by atoms with E-state index in [9.17, 15) is 4.79 Å². The van der Waals surface area contributed by atoms with Gasteiger partial charge in [-0.1, -0.05) is 0 Å². The number of hydrogen-bond acceptors (Lipinski definition) is 4. The van der Waals surface area contributed by atoms with Crippen molar-refractivity contribution in [1.82, 2.24) is 4.90 Å². The maximum Gasteiger partial charge on any atom is 0.410 e. The Labute approximate surface area is 132 Å². The van der Waals surface area contributed by atoms with Gasteiger partial charge in [-0.25, -0.2) is 4.79 Å². The summed E-state index contributed by atoms with van der Waals surface area (Å²) in [5, 5.41) is 2.03. The highest BCUT2D eigenvalue weighted by atomic mass is 79.9. The molecule has 2 atom stereocenters. The second-order valence-electron chi connectivity index (χ2n) is 6.13. The molecule has 1 aliphatic heterocycles. The minimum atomic E-state index is -0.450. The lowest BCUT2D eigenvalue weighted by atomic mass is 9.98. The maximum atomic E-state index is 12.0. The number of ether oxygens (including phenoxy) is 1. The van der Waals surface area contributed by atoms with Crippen molar-refractivity contribution in [2.75, 3.05) is 13.1 Å². The van der Waals surface area contributed by atoms with E-state index in [2.05, 4.69) is 15.9 Å². The van der Waals surface area contributed by atoms with Gasteiger partial charge in [-0.15, -0.1) is 11.3 Å². The topological polar surface area (TPSA) is 55.6 Å². The summed E-state index contributed by atoms with van der Waals surface area (Å²) in [5.74, 6) is 0.289. The largest absolute Gasteiger partial charge is 0.444 e. The van der Waals surface area contributed by atoms with E-state index in [1.807, 2.05) is 32.2 Å². The second-order valence-corrected chi connectivity index (χ2v) is 7.94. The van der Waals surface area contributed by atoms with Crippen molar-refractivity contribution in [1.29, 1.82) is 0 Å². The molecule has 0 bridgehead atoms. The first-order valence-corrected chi connectivity index (χ1v) is 8.41. The third-order valence-electron chi connectivity index (χ3n) is 3.33. The summed E-state index contributed by atoms with van der Waals surface area (Å²) in [7, 11) is 0. The Hall–Kier alpha value is -0.590. The number of nitrogens with zero attached hydrogens (tertiary/aromatic N) is 1. The molecule has 1 aromatic rings. The van der Waals surface area contributed by atoms with E-state index in [0.29, 0.717) is 6.54 Å². The maximum absolute atomic E-state index is 12.0. The van der Waals surface area contributed by atoms with Crippen LogP contribution >= 0.6 is 27.3 Å². The Morgan fingerprint density at radius 2 is 2.30 bits per heavy atom. The Morgan fingerprint density at radius 1 is 1.60 bits per heavy atom. The van der Waals surface area contributed by atoms with E-state index in [0.717, 1.165) is 22.3 Å². The molecule has 0 aromatic carbocycles. The molecule has 2 heterocycles. The average Bonchev–Trinajstić information content (AvgIpc) is 2.94. The van der Waals surface area contributed by atoms with Crippen LogP contribution in [0, 0.1) is 5.92 Å². The molecule has 2 unspecified atom stereocenters. The van der Waals surface area contributed by atoms with Crippen LogP contribution in [-0.4, -0.2) is 29.7 Å². The standard InChI is InChI=1S/C14H21BrN2O2S/c1-14(2,3)19-13(18)17-6-4-9(8-17)11(16)12-10(15)5-7-20-12/h5,7,9,11H,4,6,8,16H2,1-3H3. The van der Waals surface area contributed by atoms with Gasteiger partial charge in [0.2, 0.25) is 0 Å². The predicted molar refractivity (Wildman–Crippen MR) is 84.9 cm³/mol. The fourth-order valence-corrected chi connectivity index (χ4v) is 4.06. The van der Waals surface area contributed by atoms with Gasteiger partial charge in [0.05, 0.1) is 0 Å². The SMILES string of the molecule is CC(C)(C)OC(=O)N1CCC(C(N)c2sccc2Br)C1. The third-order valence-corrected chi connectivity index (χ3v) is 5.30. The molecule has 112 valence electrons. The summed E-state index contributed by atoms with van der Waals surface area (Å²) in [6.45, 7) is 7.03. The molecular formula is C14H21BrN2O2S. The van der Waals surface area contributed by atoms with E-state index in [1.54, 1.807) is 16.2 Å². The number of halogens is 1. The first-order chi connectivity index (χ1) is 9.28. The number of nitrogens with two attached hydrogens (primary N) is 1. The smallest absolute Gasteiger partial charge is 0.410 e. The highest BCUT2D eigenvalue weighted by Gasteiger charge is 2.34. The van der Waals surface area contributed by atoms with Crippen molar-refractivity contribution in [2.24, 2.45) is 11.7 Å². The van der Waals surface area contributed by atoms with Crippen molar-refractivity contribution in [3.8, 4) is 0 Å². The van der Waals surface area contributed by atoms with E-state index >= 15 is 0 Å². The fraction of sp³-hybridized carbons (Fsp3) is 0.643. The third kappa shape index (κ3) is 3.74. The summed E-state index contributed by atoms with van der Waals surface area (Å²) < 4.78 is 6.46. The van der Waals surface area contributed by atoms with Crippen LogP contribution < -0.4 is 5.73 Å². The summed E-state index contributed by atoms with van der Waals surface area (Å²) in [5.41, 5.74) is 5.89. The highest BCUT2D eigenvalue weighted by Crippen LogP contribution is 2.35. The Kier molecular flexibility index (Phi) is 4.76. The lowest BCUT2D eigenvalue weighted by molar-refractivity contribution is 0.0286. The number of carbonyl (C=O) groups excluding carboxylic acids is 1. The second kappa shape index (κ2) is 6.03. The van der Waals surface area contributed by atoms with Crippen molar-refractivity contribution in [2.45, 2.75) is 38.8 Å². The van der Waals surface area contributed by atoms with E-state index in [-0.39, 0.29) is 18.1 Å². The first kappa shape index (κ1) is 15.8. The summed E-state index contributed by atoms with van der Waals surface area (Å²) in [6.07, 6.45) is 0.683. The lowest BCUT2D eigenvalue weighted by Crippen LogP contribution is -2.36. The molecule has 2 N–H and O–H groups in total. The van der Waals surface area contributed by atoms with Crippen molar-refractivity contribution in [3.63, 3.8) is 0 Å². The van der Waals surface area contributed by atoms with Crippen molar-refractivity contribution < 1.29 is 9.53 Å². The minimum absolute atomic E-state index is 0.0307. The first-order valence-electron chi connectivity index (χ1n) is 6.74. The van der Waals surface area contributed by atoms with Gasteiger partial charge in [-0.05, 0) is 60.5 Å². The van der Waals surface area contributed by atoms with Gasteiger partial charge in [0, 0.05) is 28.5 Å². The van der Waals surface area contributed by atoms with Crippen LogP contribution in [0.25, 0.3) is 0 Å². The summed E-state index contributed by atoms with van der Waals surface area (Å²) >= 11 is 5.18. The molecule has 0 aliphatic carbocycles. The zero-order valence-electron chi connectivity index (χ0n) is 12.1. The average molecular weight is 361 g/mol. The molecule has 1 aromatic heterocycles. The molecule has 6 heteroatoms. The van der Waals surface area contributed by atoms with Crippen molar-refractivity contribution >= 4 is 33.4 Å². The van der Waals surface area contributed by atoms with E-state index in [1.165, 1.54) is 0 Å². The lowest BCUT2D eigenvalue weighted by Gasteiger charge is -2.25. The van der Waals surface area contributed by atoms with Crippen LogP contribution in [0.15, 0.2) is 15.9 Å². The number of thiophene rings is 1. The zero-order chi connectivity index (χ0) is 14.9. The number of hydrogen-bond donors (Lipinski definition) is 1. The van der Waals surface area contributed by atoms with Gasteiger partial charge in [0.1, 0.15) is 5.60 Å². The monoisotopic (exact) mass is 360 g/mol. The van der Waals surface area contributed by atoms with Crippen LogP contribution in [0.3, 0.4) is 0 Å². The predicted octanol–water partition coefficient (Wildman–Crippen LogP) is 3.77. The molecule has 0 radical (unpaired) electrons. The quantitative estimate of drug-likeness (QED) is 0.873. The summed E-state index contributed by atoms with van der Waals surface area (Å²) in [4.78, 5) is 15.0. The Balaban J connectivity index is 1.95. The van der Waals surface area contributed by atoms with Gasteiger partial charge < -0.3 is 15.4 Å². The number of amides is 1. The van der Waals surface area contributed by atoms with Crippen LogP contribution in [0.2, 0.25) is 0 Å². The number of rotatable bonds is 2. The van der Waals surface area contributed by atoms with Crippen LogP contribution in [0.1, 0.15) is 38.1 Å². The Morgan fingerprint density at radius 3 is 2.85 bits per heavy atom. The molecule has 4 nitrogen and oxygen atoms in total. The van der Waals surface area contributed by atoms with Crippen LogP contribution in [-0.2, 0) is 4.74 Å². The van der Waals surface area contributed by atoms with Gasteiger partial charge >= 0.3 is 6.09 Å². The normalized spacial score (nSPS) is 21.1. The molecule has 2 rings (SSSR count). The van der Waals surface area contributed by atoms with Crippen molar-refractivity contribution in [3.05, 3.63) is 20.8 Å². The molecule has 20 heavy (non-hydrogen) atoms. The number of likely N-dealkylation sites (tertiary alicyclic amines) is 1. The minimum Gasteiger partial charge on any atom is -0.444 e. The van der Waals surface area contributed by atoms with Crippen LogP contribution in [0.5, 0.6) is 0 Å². The molecule has 1 fully saturated rings. The molecule has 1 aliphatic rings. The molecule has 0 saturated carbocycles. The molecular weight excluding hydrogens is 340 g/mol. The molecule has 1 saturated heterocycles. The molecule has 1 amide bonds.